The molecule has 2 aliphatic heterocycles. The molecule has 0 saturated carbocycles. The van der Waals surface area contributed by atoms with Gasteiger partial charge in [0.1, 0.15) is 6.04 Å². The van der Waals surface area contributed by atoms with Crippen molar-refractivity contribution in [2.75, 3.05) is 19.7 Å². The molecular weight excluding hydrogens is 154 g/mol. The first-order valence-corrected chi connectivity index (χ1v) is 4.72. The molecule has 0 aromatic heterocycles. The lowest BCUT2D eigenvalue weighted by Gasteiger charge is -2.22. The molecule has 68 valence electrons. The monoisotopic (exact) mass is 169 g/mol. The number of carbonyl (C=O) groups is 1. The van der Waals surface area contributed by atoms with E-state index in [0.29, 0.717) is 6.61 Å². The van der Waals surface area contributed by atoms with Crippen LogP contribution >= 0.6 is 0 Å². The molecule has 3 atom stereocenters. The van der Waals surface area contributed by atoms with Crippen molar-refractivity contribution in [3.05, 3.63) is 0 Å². The summed E-state index contributed by atoms with van der Waals surface area (Å²) >= 11 is 0. The summed E-state index contributed by atoms with van der Waals surface area (Å²) in [4.78, 5) is 13.6. The van der Waals surface area contributed by atoms with E-state index in [1.807, 2.05) is 6.92 Å². The summed E-state index contributed by atoms with van der Waals surface area (Å²) < 4.78 is 5.00. The number of hydrogen-bond acceptors (Lipinski definition) is 3. The molecule has 3 heteroatoms. The van der Waals surface area contributed by atoms with Crippen molar-refractivity contribution < 1.29 is 9.53 Å². The number of ether oxygens (including phenoxy) is 1. The molecule has 2 heterocycles. The van der Waals surface area contributed by atoms with Gasteiger partial charge in [0.25, 0.3) is 0 Å². The zero-order chi connectivity index (χ0) is 8.55. The topological polar surface area (TPSA) is 29.5 Å². The fourth-order valence-corrected chi connectivity index (χ4v) is 2.29. The third kappa shape index (κ3) is 1.22. The highest BCUT2D eigenvalue weighted by Crippen LogP contribution is 2.33. The third-order valence-electron chi connectivity index (χ3n) is 2.87. The molecule has 0 aliphatic carbocycles. The Morgan fingerprint density at radius 3 is 3.00 bits per heavy atom. The lowest BCUT2D eigenvalue weighted by atomic mass is 10.0. The maximum Gasteiger partial charge on any atom is 0.323 e. The van der Waals surface area contributed by atoms with Gasteiger partial charge in [-0.25, -0.2) is 0 Å². The second kappa shape index (κ2) is 3.05. The minimum absolute atomic E-state index is 0.0142. The first kappa shape index (κ1) is 8.05. The highest BCUT2D eigenvalue weighted by atomic mass is 16.5. The molecule has 2 aliphatic rings. The van der Waals surface area contributed by atoms with Crippen molar-refractivity contribution in [2.24, 2.45) is 5.92 Å². The van der Waals surface area contributed by atoms with Gasteiger partial charge in [0, 0.05) is 6.54 Å². The summed E-state index contributed by atoms with van der Waals surface area (Å²) in [6.45, 7) is 4.58. The van der Waals surface area contributed by atoms with E-state index in [0.717, 1.165) is 25.4 Å². The molecule has 0 aromatic rings. The van der Waals surface area contributed by atoms with Crippen LogP contribution in [0.25, 0.3) is 0 Å². The number of fused-ring (bicyclic) bond motifs is 2. The van der Waals surface area contributed by atoms with Gasteiger partial charge in [0.05, 0.1) is 6.61 Å². The lowest BCUT2D eigenvalue weighted by molar-refractivity contribution is -0.148. The first-order valence-electron chi connectivity index (χ1n) is 4.72. The Balaban J connectivity index is 1.93. The zero-order valence-corrected chi connectivity index (χ0v) is 7.45. The number of nitrogens with zero attached hydrogens (tertiary/aromatic N) is 1. The number of hydrogen-bond donors (Lipinski definition) is 0. The van der Waals surface area contributed by atoms with Gasteiger partial charge in [-0.1, -0.05) is 0 Å². The van der Waals surface area contributed by atoms with Crippen molar-refractivity contribution in [1.29, 1.82) is 0 Å². The van der Waals surface area contributed by atoms with Crippen LogP contribution in [0.4, 0.5) is 0 Å². The van der Waals surface area contributed by atoms with E-state index >= 15 is 0 Å². The average Bonchev–Trinajstić information content (AvgIpc) is 2.64. The van der Waals surface area contributed by atoms with Gasteiger partial charge in [-0.05, 0) is 32.2 Å². The molecule has 2 saturated heterocycles. The van der Waals surface area contributed by atoms with Gasteiger partial charge in [-0.15, -0.1) is 0 Å². The first-order chi connectivity index (χ1) is 5.81. The zero-order valence-electron chi connectivity index (χ0n) is 7.45. The van der Waals surface area contributed by atoms with Crippen molar-refractivity contribution in [1.82, 2.24) is 4.90 Å². The molecule has 12 heavy (non-hydrogen) atoms. The predicted molar refractivity (Wildman–Crippen MR) is 44.7 cm³/mol. The van der Waals surface area contributed by atoms with Crippen LogP contribution in [-0.4, -0.2) is 36.6 Å². The number of piperidine rings is 1. The van der Waals surface area contributed by atoms with Gasteiger partial charge < -0.3 is 4.74 Å². The Morgan fingerprint density at radius 1 is 1.67 bits per heavy atom. The number of carbonyl (C=O) groups excluding carboxylic acids is 1. The SMILES string of the molecule is CCOC(=O)C1C[C@@H]2CCN1C2. The van der Waals surface area contributed by atoms with Gasteiger partial charge >= 0.3 is 5.97 Å². The molecule has 2 rings (SSSR count). The summed E-state index contributed by atoms with van der Waals surface area (Å²) in [6, 6.07) is 0.0868. The van der Waals surface area contributed by atoms with Gasteiger partial charge in [0.2, 0.25) is 0 Å². The second-order valence-corrected chi connectivity index (χ2v) is 3.65. The van der Waals surface area contributed by atoms with Crippen molar-refractivity contribution >= 4 is 5.97 Å². The molecule has 2 fully saturated rings. The Kier molecular flexibility index (Phi) is 2.05. The van der Waals surface area contributed by atoms with Crippen molar-refractivity contribution in [3.63, 3.8) is 0 Å². The number of esters is 1. The number of rotatable bonds is 2. The molecule has 3 nitrogen and oxygen atoms in total. The fourth-order valence-electron chi connectivity index (χ4n) is 2.29. The van der Waals surface area contributed by atoms with Crippen molar-refractivity contribution in [2.45, 2.75) is 25.8 Å². The Morgan fingerprint density at radius 2 is 2.50 bits per heavy atom. The molecule has 0 radical (unpaired) electrons. The Labute approximate surface area is 72.7 Å². The smallest absolute Gasteiger partial charge is 0.323 e. The third-order valence-corrected chi connectivity index (χ3v) is 2.87. The largest absolute Gasteiger partial charge is 0.465 e. The maximum atomic E-state index is 11.4. The van der Waals surface area contributed by atoms with E-state index in [1.54, 1.807) is 0 Å². The van der Waals surface area contributed by atoms with E-state index in [2.05, 4.69) is 4.90 Å². The van der Waals surface area contributed by atoms with Gasteiger partial charge in [-0.3, -0.25) is 9.69 Å². The summed E-state index contributed by atoms with van der Waals surface area (Å²) in [7, 11) is 0. The van der Waals surface area contributed by atoms with Crippen LogP contribution in [0.3, 0.4) is 0 Å². The maximum absolute atomic E-state index is 11.4. The Bertz CT molecular complexity index is 193. The molecule has 0 amide bonds. The average molecular weight is 169 g/mol. The minimum atomic E-state index is -0.0142. The van der Waals surface area contributed by atoms with Crippen LogP contribution in [-0.2, 0) is 9.53 Å². The van der Waals surface area contributed by atoms with Crippen molar-refractivity contribution in [3.8, 4) is 0 Å². The van der Waals surface area contributed by atoms with E-state index in [-0.39, 0.29) is 12.0 Å². The standard InChI is InChI=1S/C9H15NO2/c1-2-12-9(11)8-5-7-3-4-10(8)6-7/h7-8H,2-6H2,1H3/t7-,8?/m0/s1. The summed E-state index contributed by atoms with van der Waals surface area (Å²) in [6.07, 6.45) is 2.30. The predicted octanol–water partition coefficient (Wildman–Crippen LogP) is 0.644. The quantitative estimate of drug-likeness (QED) is 0.568. The molecule has 2 unspecified atom stereocenters. The lowest BCUT2D eigenvalue weighted by Crippen LogP contribution is -2.37. The highest BCUT2D eigenvalue weighted by Gasteiger charge is 2.41. The van der Waals surface area contributed by atoms with Crippen LogP contribution in [0, 0.1) is 5.92 Å². The van der Waals surface area contributed by atoms with Gasteiger partial charge in [-0.2, -0.15) is 0 Å². The molecular formula is C9H15NO2. The Hall–Kier alpha value is -0.570. The van der Waals surface area contributed by atoms with Gasteiger partial charge in [0.15, 0.2) is 0 Å². The molecule has 0 N–H and O–H groups in total. The van der Waals surface area contributed by atoms with E-state index in [4.69, 9.17) is 4.74 Å². The molecule has 0 aromatic carbocycles. The normalized spacial score (nSPS) is 38.6. The summed E-state index contributed by atoms with van der Waals surface area (Å²) in [5, 5.41) is 0. The molecule has 0 spiro atoms. The summed E-state index contributed by atoms with van der Waals surface area (Å²) in [5.41, 5.74) is 0. The van der Waals surface area contributed by atoms with Crippen LogP contribution < -0.4 is 0 Å². The van der Waals surface area contributed by atoms with E-state index in [9.17, 15) is 4.79 Å². The van der Waals surface area contributed by atoms with E-state index < -0.39 is 0 Å². The minimum Gasteiger partial charge on any atom is -0.465 e. The van der Waals surface area contributed by atoms with Crippen LogP contribution in [0.1, 0.15) is 19.8 Å². The van der Waals surface area contributed by atoms with Crippen LogP contribution in [0.15, 0.2) is 0 Å². The highest BCUT2D eigenvalue weighted by molar-refractivity contribution is 5.76. The second-order valence-electron chi connectivity index (χ2n) is 3.65. The van der Waals surface area contributed by atoms with Crippen LogP contribution in [0.2, 0.25) is 0 Å². The molecule has 2 bridgehead atoms. The van der Waals surface area contributed by atoms with Crippen LogP contribution in [0.5, 0.6) is 0 Å². The summed E-state index contributed by atoms with van der Waals surface area (Å²) in [5.74, 6) is 0.749. The van der Waals surface area contributed by atoms with E-state index in [1.165, 1.54) is 6.42 Å². The fraction of sp³-hybridized carbons (Fsp3) is 0.889.